The number of piperazine rings is 1. The van der Waals surface area contributed by atoms with Crippen molar-refractivity contribution in [1.82, 2.24) is 20.0 Å². The van der Waals surface area contributed by atoms with Gasteiger partial charge in [0.2, 0.25) is 17.7 Å². The molecular weight excluding hydrogens is 356 g/mol. The molecule has 1 aromatic rings. The Morgan fingerprint density at radius 1 is 0.893 bits per heavy atom. The average molecular weight is 386 g/mol. The van der Waals surface area contributed by atoms with E-state index in [4.69, 9.17) is 0 Å². The van der Waals surface area contributed by atoms with Crippen LogP contribution in [-0.4, -0.2) is 78.2 Å². The predicted octanol–water partition coefficient (Wildman–Crippen LogP) is 1.02. The molecule has 3 rings (SSSR count). The molecule has 28 heavy (non-hydrogen) atoms. The molecule has 7 nitrogen and oxygen atoms in total. The Bertz CT molecular complexity index is 680. The summed E-state index contributed by atoms with van der Waals surface area (Å²) in [5.74, 6) is 0.0899. The Morgan fingerprint density at radius 2 is 1.50 bits per heavy atom. The third kappa shape index (κ3) is 5.55. The van der Waals surface area contributed by atoms with Gasteiger partial charge in [-0.2, -0.15) is 0 Å². The molecule has 2 aliphatic rings. The molecule has 0 bridgehead atoms. The zero-order valence-electron chi connectivity index (χ0n) is 16.6. The van der Waals surface area contributed by atoms with Crippen molar-refractivity contribution >= 4 is 17.7 Å². The molecule has 2 heterocycles. The van der Waals surface area contributed by atoms with Gasteiger partial charge in [-0.05, 0) is 18.4 Å². The number of nitrogens with zero attached hydrogens (tertiary/aromatic N) is 3. The minimum atomic E-state index is -0.319. The number of carbonyl (C=O) groups is 3. The molecule has 2 saturated heterocycles. The highest BCUT2D eigenvalue weighted by Gasteiger charge is 2.27. The van der Waals surface area contributed by atoms with E-state index in [2.05, 4.69) is 10.2 Å². The maximum Gasteiger partial charge on any atom is 0.236 e. The summed E-state index contributed by atoms with van der Waals surface area (Å²) < 4.78 is 0. The van der Waals surface area contributed by atoms with Crippen molar-refractivity contribution in [3.63, 3.8) is 0 Å². The molecule has 0 aromatic heterocycles. The van der Waals surface area contributed by atoms with Gasteiger partial charge in [-0.25, -0.2) is 0 Å². The summed E-state index contributed by atoms with van der Waals surface area (Å²) in [5.41, 5.74) is 0.931. The molecule has 3 amide bonds. The maximum atomic E-state index is 12.8. The molecule has 152 valence electrons. The van der Waals surface area contributed by atoms with E-state index in [0.29, 0.717) is 32.7 Å². The van der Waals surface area contributed by atoms with Crippen molar-refractivity contribution in [3.05, 3.63) is 35.9 Å². The molecule has 7 heteroatoms. The van der Waals surface area contributed by atoms with E-state index < -0.39 is 0 Å². The minimum Gasteiger partial charge on any atom is -0.349 e. The predicted molar refractivity (Wildman–Crippen MR) is 106 cm³/mol. The largest absolute Gasteiger partial charge is 0.349 e. The third-order valence-corrected chi connectivity index (χ3v) is 5.50. The van der Waals surface area contributed by atoms with Crippen LogP contribution >= 0.6 is 0 Å². The van der Waals surface area contributed by atoms with E-state index in [9.17, 15) is 14.4 Å². The summed E-state index contributed by atoms with van der Waals surface area (Å²) in [6.07, 6.45) is 2.45. The standard InChI is InChI=1S/C21H30N4O3/c1-17(26)22-19(18-7-3-2-4-8-18)15-20(27)25-13-11-23(12-14-25)16-21(28)24-9-5-6-10-24/h2-4,7-8,19H,5-6,9-16H2,1H3,(H,22,26). The van der Waals surface area contributed by atoms with Gasteiger partial charge < -0.3 is 15.1 Å². The first-order valence-corrected chi connectivity index (χ1v) is 10.1. The molecular formula is C21H30N4O3. The summed E-state index contributed by atoms with van der Waals surface area (Å²) in [6, 6.07) is 9.26. The number of likely N-dealkylation sites (tertiary alicyclic amines) is 1. The fourth-order valence-corrected chi connectivity index (χ4v) is 3.90. The van der Waals surface area contributed by atoms with Crippen LogP contribution in [0, 0.1) is 0 Å². The topological polar surface area (TPSA) is 73.0 Å². The van der Waals surface area contributed by atoms with Gasteiger partial charge in [0, 0.05) is 46.2 Å². The molecule has 0 aliphatic carbocycles. The van der Waals surface area contributed by atoms with Crippen molar-refractivity contribution in [2.24, 2.45) is 0 Å². The Balaban J connectivity index is 1.49. The van der Waals surface area contributed by atoms with Crippen LogP contribution < -0.4 is 5.32 Å². The van der Waals surface area contributed by atoms with Crippen LogP contribution in [0.25, 0.3) is 0 Å². The van der Waals surface area contributed by atoms with E-state index >= 15 is 0 Å². The quantitative estimate of drug-likeness (QED) is 0.792. The van der Waals surface area contributed by atoms with E-state index in [1.165, 1.54) is 6.92 Å². The first-order valence-electron chi connectivity index (χ1n) is 10.1. The second-order valence-corrected chi connectivity index (χ2v) is 7.61. The zero-order chi connectivity index (χ0) is 19.9. The molecule has 1 unspecified atom stereocenters. The fraction of sp³-hybridized carbons (Fsp3) is 0.571. The van der Waals surface area contributed by atoms with Gasteiger partial charge in [-0.1, -0.05) is 30.3 Å². The van der Waals surface area contributed by atoms with Crippen LogP contribution in [0.2, 0.25) is 0 Å². The highest BCUT2D eigenvalue weighted by atomic mass is 16.2. The lowest BCUT2D eigenvalue weighted by atomic mass is 10.0. The summed E-state index contributed by atoms with van der Waals surface area (Å²) >= 11 is 0. The monoisotopic (exact) mass is 386 g/mol. The Kier molecular flexibility index (Phi) is 7.03. The second-order valence-electron chi connectivity index (χ2n) is 7.61. The van der Waals surface area contributed by atoms with E-state index in [-0.39, 0.29) is 30.2 Å². The van der Waals surface area contributed by atoms with Crippen LogP contribution in [-0.2, 0) is 14.4 Å². The zero-order valence-corrected chi connectivity index (χ0v) is 16.6. The Labute approximate surface area is 166 Å². The van der Waals surface area contributed by atoms with Gasteiger partial charge in [0.25, 0.3) is 0 Å². The molecule has 2 fully saturated rings. The van der Waals surface area contributed by atoms with Gasteiger partial charge in [0.1, 0.15) is 0 Å². The van der Waals surface area contributed by atoms with Crippen molar-refractivity contribution in [2.75, 3.05) is 45.8 Å². The second kappa shape index (κ2) is 9.68. The van der Waals surface area contributed by atoms with E-state index in [1.54, 1.807) is 0 Å². The number of benzene rings is 1. The number of hydrogen-bond acceptors (Lipinski definition) is 4. The van der Waals surface area contributed by atoms with Gasteiger partial charge >= 0.3 is 0 Å². The lowest BCUT2D eigenvalue weighted by Crippen LogP contribution is -2.51. The Hall–Kier alpha value is -2.41. The Morgan fingerprint density at radius 3 is 2.11 bits per heavy atom. The molecule has 0 saturated carbocycles. The van der Waals surface area contributed by atoms with Gasteiger partial charge in [-0.3, -0.25) is 19.3 Å². The van der Waals surface area contributed by atoms with E-state index in [1.807, 2.05) is 40.1 Å². The average Bonchev–Trinajstić information content (AvgIpc) is 3.23. The smallest absolute Gasteiger partial charge is 0.236 e. The third-order valence-electron chi connectivity index (χ3n) is 5.50. The van der Waals surface area contributed by atoms with Crippen molar-refractivity contribution in [2.45, 2.75) is 32.2 Å². The van der Waals surface area contributed by atoms with Gasteiger partial charge in [0.05, 0.1) is 19.0 Å². The van der Waals surface area contributed by atoms with Crippen molar-refractivity contribution < 1.29 is 14.4 Å². The van der Waals surface area contributed by atoms with Crippen LogP contribution in [0.3, 0.4) is 0 Å². The first-order chi connectivity index (χ1) is 13.5. The highest BCUT2D eigenvalue weighted by molar-refractivity contribution is 5.80. The highest BCUT2D eigenvalue weighted by Crippen LogP contribution is 2.18. The van der Waals surface area contributed by atoms with Crippen LogP contribution in [0.1, 0.15) is 37.8 Å². The number of hydrogen-bond donors (Lipinski definition) is 1. The fourth-order valence-electron chi connectivity index (χ4n) is 3.90. The maximum absolute atomic E-state index is 12.8. The summed E-state index contributed by atoms with van der Waals surface area (Å²) in [5, 5.41) is 2.89. The summed E-state index contributed by atoms with van der Waals surface area (Å²) in [6.45, 7) is 6.32. The molecule has 1 aromatic carbocycles. The number of rotatable bonds is 6. The summed E-state index contributed by atoms with van der Waals surface area (Å²) in [4.78, 5) is 42.6. The van der Waals surface area contributed by atoms with Crippen LogP contribution in [0.5, 0.6) is 0 Å². The minimum absolute atomic E-state index is 0.0353. The normalized spacial score (nSPS) is 18.8. The lowest BCUT2D eigenvalue weighted by Gasteiger charge is -2.35. The van der Waals surface area contributed by atoms with Gasteiger partial charge in [-0.15, -0.1) is 0 Å². The number of carbonyl (C=O) groups excluding carboxylic acids is 3. The molecule has 2 aliphatic heterocycles. The molecule has 1 atom stereocenters. The van der Waals surface area contributed by atoms with Crippen molar-refractivity contribution in [3.8, 4) is 0 Å². The van der Waals surface area contributed by atoms with Crippen molar-refractivity contribution in [1.29, 1.82) is 0 Å². The summed E-state index contributed by atoms with van der Waals surface area (Å²) in [7, 11) is 0. The lowest BCUT2D eigenvalue weighted by molar-refractivity contribution is -0.135. The van der Waals surface area contributed by atoms with Crippen LogP contribution in [0.4, 0.5) is 0 Å². The van der Waals surface area contributed by atoms with Crippen LogP contribution in [0.15, 0.2) is 30.3 Å². The van der Waals surface area contributed by atoms with Gasteiger partial charge in [0.15, 0.2) is 0 Å². The van der Waals surface area contributed by atoms with E-state index in [0.717, 1.165) is 31.5 Å². The number of amides is 3. The first kappa shape index (κ1) is 20.3. The molecule has 1 N–H and O–H groups in total. The molecule has 0 spiro atoms. The molecule has 0 radical (unpaired) electrons. The SMILES string of the molecule is CC(=O)NC(CC(=O)N1CCN(CC(=O)N2CCCC2)CC1)c1ccccc1. The number of nitrogens with one attached hydrogen (secondary N) is 1.